The second kappa shape index (κ2) is 7.54. The molecule has 1 saturated heterocycles. The molecular weight excluding hydrogens is 356 g/mol. The number of aryl methyl sites for hydroxylation is 1. The number of rotatable bonds is 6. The highest BCUT2D eigenvalue weighted by Gasteiger charge is 2.40. The van der Waals surface area contributed by atoms with Crippen molar-refractivity contribution in [2.24, 2.45) is 7.05 Å². The van der Waals surface area contributed by atoms with Crippen LogP contribution in [0.15, 0.2) is 33.6 Å². The van der Waals surface area contributed by atoms with Gasteiger partial charge in [0.1, 0.15) is 0 Å². The number of carbonyl (C=O) groups is 3. The summed E-state index contributed by atoms with van der Waals surface area (Å²) in [4.78, 5) is 49.2. The number of imide groups is 1. The van der Waals surface area contributed by atoms with Crippen LogP contribution in [0.4, 0.5) is 5.69 Å². The van der Waals surface area contributed by atoms with E-state index in [-0.39, 0.29) is 25.5 Å². The van der Waals surface area contributed by atoms with Gasteiger partial charge in [0, 0.05) is 0 Å². The van der Waals surface area contributed by atoms with Crippen LogP contribution in [-0.4, -0.2) is 35.7 Å². The molecule has 1 atom stereocenters. The van der Waals surface area contributed by atoms with Gasteiger partial charge in [-0.05, 0) is 36.5 Å². The number of benzene rings is 1. The molecule has 0 spiro atoms. The molecule has 1 fully saturated rings. The zero-order chi connectivity index (χ0) is 19.6. The van der Waals surface area contributed by atoms with Gasteiger partial charge < -0.3 is 4.74 Å². The lowest BCUT2D eigenvalue weighted by Gasteiger charge is -2.15. The lowest BCUT2D eigenvalue weighted by Crippen LogP contribution is -2.43. The van der Waals surface area contributed by atoms with Crippen LogP contribution in [0.1, 0.15) is 29.4 Å². The molecule has 2 N–H and O–H groups in total. The van der Waals surface area contributed by atoms with Gasteiger partial charge >= 0.3 is 17.3 Å². The summed E-state index contributed by atoms with van der Waals surface area (Å²) in [5.41, 5.74) is 0.454. The standard InChI is InChI=1S/C17H18N4O6/c1-3-26-16(24)10-4-6-11(7-5-10)21-14(22)8-12(15(21)23)18-9-13-17(25)27-19-20(13)2/h4-7,12,18H,3,8-9H2,1-2H3/p+1. The number of hydrogen-bond donors (Lipinski definition) is 2. The van der Waals surface area contributed by atoms with Gasteiger partial charge in [0.15, 0.2) is 7.05 Å². The van der Waals surface area contributed by atoms with Crippen LogP contribution in [0, 0.1) is 0 Å². The van der Waals surface area contributed by atoms with E-state index in [0.717, 1.165) is 4.90 Å². The molecule has 1 aromatic carbocycles. The maximum Gasteiger partial charge on any atom is 0.431 e. The van der Waals surface area contributed by atoms with Gasteiger partial charge in [-0.2, -0.15) is 0 Å². The quantitative estimate of drug-likeness (QED) is 0.392. The van der Waals surface area contributed by atoms with Gasteiger partial charge in [0.25, 0.3) is 5.91 Å². The van der Waals surface area contributed by atoms with Gasteiger partial charge in [-0.15, -0.1) is 0 Å². The average Bonchev–Trinajstić information content (AvgIpc) is 3.12. The fourth-order valence-electron chi connectivity index (χ4n) is 2.80. The van der Waals surface area contributed by atoms with Crippen molar-refractivity contribution in [2.45, 2.75) is 25.9 Å². The number of anilines is 1. The summed E-state index contributed by atoms with van der Waals surface area (Å²) >= 11 is 0. The summed E-state index contributed by atoms with van der Waals surface area (Å²) in [6.45, 7) is 2.04. The summed E-state index contributed by atoms with van der Waals surface area (Å²) in [6.07, 6.45) is -0.0298. The van der Waals surface area contributed by atoms with Gasteiger partial charge in [-0.1, -0.05) is 4.68 Å². The van der Waals surface area contributed by atoms with Gasteiger partial charge in [0.05, 0.1) is 36.9 Å². The van der Waals surface area contributed by atoms with E-state index in [1.165, 1.54) is 28.9 Å². The Balaban J connectivity index is 1.70. The smallest absolute Gasteiger partial charge is 0.431 e. The number of nitrogens with one attached hydrogen (secondary N) is 2. The predicted molar refractivity (Wildman–Crippen MR) is 90.6 cm³/mol. The molecule has 10 nitrogen and oxygen atoms in total. The van der Waals surface area contributed by atoms with E-state index in [1.807, 2.05) is 0 Å². The van der Waals surface area contributed by atoms with Crippen molar-refractivity contribution in [1.82, 2.24) is 10.6 Å². The van der Waals surface area contributed by atoms with E-state index in [4.69, 9.17) is 4.74 Å². The third-order valence-corrected chi connectivity index (χ3v) is 4.21. The molecule has 0 aliphatic carbocycles. The topological polar surface area (TPSA) is 126 Å². The highest BCUT2D eigenvalue weighted by molar-refractivity contribution is 6.22. The second-order valence-corrected chi connectivity index (χ2v) is 5.96. The lowest BCUT2D eigenvalue weighted by atomic mass is 10.2. The summed E-state index contributed by atoms with van der Waals surface area (Å²) < 4.78 is 10.9. The Morgan fingerprint density at radius 2 is 2.04 bits per heavy atom. The van der Waals surface area contributed by atoms with E-state index in [2.05, 4.69) is 15.1 Å². The zero-order valence-electron chi connectivity index (χ0n) is 14.9. The largest absolute Gasteiger partial charge is 0.462 e. The minimum Gasteiger partial charge on any atom is -0.462 e. The fraction of sp³-hybridized carbons (Fsp3) is 0.353. The fourth-order valence-corrected chi connectivity index (χ4v) is 2.80. The minimum absolute atomic E-state index is 0.0298. The molecule has 142 valence electrons. The van der Waals surface area contributed by atoms with Gasteiger partial charge in [0.2, 0.25) is 5.91 Å². The third-order valence-electron chi connectivity index (χ3n) is 4.21. The summed E-state index contributed by atoms with van der Waals surface area (Å²) in [7, 11) is 1.60. The molecule has 1 aliphatic heterocycles. The van der Waals surface area contributed by atoms with Crippen LogP contribution in [0.3, 0.4) is 0 Å². The highest BCUT2D eigenvalue weighted by atomic mass is 16.5. The van der Waals surface area contributed by atoms with E-state index in [0.29, 0.717) is 16.9 Å². The van der Waals surface area contributed by atoms with Crippen molar-refractivity contribution in [2.75, 3.05) is 11.5 Å². The molecule has 1 unspecified atom stereocenters. The normalized spacial score (nSPS) is 16.8. The van der Waals surface area contributed by atoms with Crippen LogP contribution in [0.2, 0.25) is 0 Å². The van der Waals surface area contributed by atoms with Crippen molar-refractivity contribution in [1.29, 1.82) is 0 Å². The number of esters is 1. The molecule has 2 amide bonds. The third kappa shape index (κ3) is 3.65. The van der Waals surface area contributed by atoms with E-state index < -0.39 is 23.5 Å². The number of aromatic nitrogens is 2. The minimum atomic E-state index is -0.753. The molecule has 2 aromatic rings. The summed E-state index contributed by atoms with van der Waals surface area (Å²) in [5.74, 6) is -1.26. The Morgan fingerprint density at radius 3 is 2.63 bits per heavy atom. The Morgan fingerprint density at radius 1 is 1.33 bits per heavy atom. The molecule has 0 bridgehead atoms. The first-order valence-electron chi connectivity index (χ1n) is 8.36. The lowest BCUT2D eigenvalue weighted by molar-refractivity contribution is -0.746. The zero-order valence-corrected chi connectivity index (χ0v) is 14.9. The first-order chi connectivity index (χ1) is 12.9. The van der Waals surface area contributed by atoms with Crippen molar-refractivity contribution < 1.29 is 28.3 Å². The van der Waals surface area contributed by atoms with Crippen LogP contribution in [0.25, 0.3) is 0 Å². The number of aromatic amines is 1. The number of amides is 2. The molecule has 3 rings (SSSR count). The van der Waals surface area contributed by atoms with Crippen LogP contribution >= 0.6 is 0 Å². The Bertz CT molecular complexity index is 930. The predicted octanol–water partition coefficient (Wildman–Crippen LogP) is -0.609. The molecule has 1 aromatic heterocycles. The van der Waals surface area contributed by atoms with Crippen LogP contribution in [-0.2, 0) is 27.9 Å². The second-order valence-electron chi connectivity index (χ2n) is 5.96. The Labute approximate surface area is 153 Å². The van der Waals surface area contributed by atoms with Crippen LogP contribution in [0.5, 0.6) is 0 Å². The maximum atomic E-state index is 12.6. The van der Waals surface area contributed by atoms with Gasteiger partial charge in [-0.3, -0.25) is 19.4 Å². The van der Waals surface area contributed by atoms with Crippen molar-refractivity contribution in [3.63, 3.8) is 0 Å². The molecule has 0 radical (unpaired) electrons. The summed E-state index contributed by atoms with van der Waals surface area (Å²) in [5, 5.41) is 5.28. The molecule has 0 saturated carbocycles. The molecule has 27 heavy (non-hydrogen) atoms. The number of H-pyrrole nitrogens is 1. The SMILES string of the molecule is CCOC(=O)c1ccc(N2C(=O)CC(NCc3c(=O)o[nH][n+]3C)C2=O)cc1. The Hall–Kier alpha value is -3.27. The molecular formula is C17H19N4O6+. The van der Waals surface area contributed by atoms with E-state index in [9.17, 15) is 19.2 Å². The number of ether oxygens (including phenoxy) is 1. The first-order valence-corrected chi connectivity index (χ1v) is 8.36. The number of nitrogens with zero attached hydrogens (tertiary/aromatic N) is 2. The average molecular weight is 375 g/mol. The first kappa shape index (κ1) is 18.5. The van der Waals surface area contributed by atoms with E-state index >= 15 is 0 Å². The van der Waals surface area contributed by atoms with Crippen molar-refractivity contribution in [3.05, 3.63) is 45.9 Å². The van der Waals surface area contributed by atoms with E-state index in [1.54, 1.807) is 14.0 Å². The Kier molecular flexibility index (Phi) is 5.17. The highest BCUT2D eigenvalue weighted by Crippen LogP contribution is 2.23. The molecule has 10 heteroatoms. The maximum absolute atomic E-state index is 12.6. The monoisotopic (exact) mass is 375 g/mol. The number of hydrogen-bond acceptors (Lipinski definition) is 7. The van der Waals surface area contributed by atoms with Crippen molar-refractivity contribution >= 4 is 23.5 Å². The number of carbonyl (C=O) groups excluding carboxylic acids is 3. The molecule has 1 aliphatic rings. The summed E-state index contributed by atoms with van der Waals surface area (Å²) in [6, 6.07) is 5.28. The van der Waals surface area contributed by atoms with Crippen LogP contribution < -0.4 is 20.5 Å². The van der Waals surface area contributed by atoms with Crippen molar-refractivity contribution in [3.8, 4) is 0 Å². The van der Waals surface area contributed by atoms with Gasteiger partial charge in [-0.25, -0.2) is 14.5 Å². The molecule has 2 heterocycles.